The number of ether oxygens (including phenoxy) is 2. The van der Waals surface area contributed by atoms with Crippen LogP contribution in [-0.2, 0) is 19.1 Å². The van der Waals surface area contributed by atoms with Crippen LogP contribution in [0, 0.1) is 0 Å². The lowest BCUT2D eigenvalue weighted by atomic mass is 10.3. The first-order valence-electron chi connectivity index (χ1n) is 6.08. The number of hydrogen-bond acceptors (Lipinski definition) is 8. The monoisotopic (exact) mass is 276 g/mol. The van der Waals surface area contributed by atoms with Crippen molar-refractivity contribution in [2.24, 2.45) is 0 Å². The quantitative estimate of drug-likeness (QED) is 0.666. The standard InChI is InChI=1S/C12H12N4O4/c17-10-1-2-11(18)20-12(19-10)8-14-5-6-16(12)9-7-13-3-4-15-9/h1-4,7,14H,5-6,8H2. The van der Waals surface area contributed by atoms with Crippen LogP contribution in [0.2, 0.25) is 0 Å². The second-order valence-electron chi connectivity index (χ2n) is 4.28. The maximum absolute atomic E-state index is 11.6. The van der Waals surface area contributed by atoms with Gasteiger partial charge in [0.15, 0.2) is 5.82 Å². The molecule has 2 aliphatic heterocycles. The SMILES string of the molecule is O=C1C=CC(=O)OC2(CNCCN2c2cnccn2)O1. The smallest absolute Gasteiger partial charge is 0.357 e. The Hall–Kier alpha value is -2.48. The molecule has 0 atom stereocenters. The highest BCUT2D eigenvalue weighted by molar-refractivity contribution is 5.93. The maximum atomic E-state index is 11.6. The Labute approximate surface area is 114 Å². The summed E-state index contributed by atoms with van der Waals surface area (Å²) in [6.45, 7) is 1.25. The number of hydrogen-bond donors (Lipinski definition) is 1. The average molecular weight is 276 g/mol. The first-order valence-corrected chi connectivity index (χ1v) is 6.08. The number of esters is 2. The molecule has 20 heavy (non-hydrogen) atoms. The van der Waals surface area contributed by atoms with Gasteiger partial charge in [-0.3, -0.25) is 9.88 Å². The third-order valence-electron chi connectivity index (χ3n) is 2.97. The van der Waals surface area contributed by atoms with Crippen molar-refractivity contribution in [2.75, 3.05) is 24.5 Å². The zero-order valence-electron chi connectivity index (χ0n) is 10.5. The van der Waals surface area contributed by atoms with Crippen molar-refractivity contribution in [1.82, 2.24) is 15.3 Å². The number of carbonyl (C=O) groups is 2. The lowest BCUT2D eigenvalue weighted by Crippen LogP contribution is -2.65. The van der Waals surface area contributed by atoms with E-state index in [9.17, 15) is 9.59 Å². The molecule has 0 bridgehead atoms. The lowest BCUT2D eigenvalue weighted by Gasteiger charge is -2.43. The summed E-state index contributed by atoms with van der Waals surface area (Å²) in [5, 5.41) is 3.04. The molecule has 1 aromatic rings. The third kappa shape index (κ3) is 2.21. The van der Waals surface area contributed by atoms with Gasteiger partial charge >= 0.3 is 17.8 Å². The predicted molar refractivity (Wildman–Crippen MR) is 66.3 cm³/mol. The Morgan fingerprint density at radius 2 is 1.95 bits per heavy atom. The Morgan fingerprint density at radius 1 is 1.20 bits per heavy atom. The molecule has 8 nitrogen and oxygen atoms in total. The minimum absolute atomic E-state index is 0.155. The van der Waals surface area contributed by atoms with Crippen LogP contribution in [0.25, 0.3) is 0 Å². The second kappa shape index (κ2) is 4.89. The first-order chi connectivity index (χ1) is 9.70. The molecule has 0 amide bonds. The van der Waals surface area contributed by atoms with E-state index in [0.29, 0.717) is 18.9 Å². The van der Waals surface area contributed by atoms with Crippen molar-refractivity contribution in [3.05, 3.63) is 30.7 Å². The number of carbonyl (C=O) groups excluding carboxylic acids is 2. The molecule has 104 valence electrons. The molecule has 1 spiro atoms. The Morgan fingerprint density at radius 3 is 2.60 bits per heavy atom. The molecule has 0 aromatic carbocycles. The fourth-order valence-corrected chi connectivity index (χ4v) is 2.14. The van der Waals surface area contributed by atoms with Crippen LogP contribution >= 0.6 is 0 Å². The van der Waals surface area contributed by atoms with Crippen LogP contribution in [0.4, 0.5) is 5.82 Å². The van der Waals surface area contributed by atoms with Gasteiger partial charge in [-0.25, -0.2) is 14.6 Å². The van der Waals surface area contributed by atoms with Gasteiger partial charge in [0.1, 0.15) is 0 Å². The number of aromatic nitrogens is 2. The van der Waals surface area contributed by atoms with E-state index in [2.05, 4.69) is 15.3 Å². The molecule has 1 saturated heterocycles. The molecule has 2 aliphatic rings. The van der Waals surface area contributed by atoms with Crippen molar-refractivity contribution in [3.63, 3.8) is 0 Å². The number of anilines is 1. The molecule has 3 heterocycles. The maximum Gasteiger partial charge on any atom is 0.357 e. The van der Waals surface area contributed by atoms with Gasteiger partial charge in [-0.2, -0.15) is 0 Å². The van der Waals surface area contributed by atoms with Crippen LogP contribution in [0.1, 0.15) is 0 Å². The summed E-state index contributed by atoms with van der Waals surface area (Å²) in [5.74, 6) is -2.36. The molecular formula is C12H12N4O4. The zero-order valence-corrected chi connectivity index (χ0v) is 10.5. The van der Waals surface area contributed by atoms with Gasteiger partial charge in [0.2, 0.25) is 0 Å². The number of nitrogens with one attached hydrogen (secondary N) is 1. The second-order valence-corrected chi connectivity index (χ2v) is 4.28. The number of rotatable bonds is 1. The molecular weight excluding hydrogens is 264 g/mol. The van der Waals surface area contributed by atoms with E-state index in [1.165, 1.54) is 18.6 Å². The van der Waals surface area contributed by atoms with E-state index in [1.54, 1.807) is 4.90 Å². The van der Waals surface area contributed by atoms with Gasteiger partial charge in [0.05, 0.1) is 12.7 Å². The molecule has 1 N–H and O–H groups in total. The minimum Gasteiger partial charge on any atom is -0.399 e. The van der Waals surface area contributed by atoms with E-state index >= 15 is 0 Å². The van der Waals surface area contributed by atoms with Gasteiger partial charge in [-0.15, -0.1) is 0 Å². The van der Waals surface area contributed by atoms with Crippen LogP contribution in [0.3, 0.4) is 0 Å². The van der Waals surface area contributed by atoms with E-state index in [-0.39, 0.29) is 6.54 Å². The number of piperazine rings is 1. The molecule has 0 aliphatic carbocycles. The van der Waals surface area contributed by atoms with E-state index in [1.807, 2.05) is 0 Å². The van der Waals surface area contributed by atoms with E-state index < -0.39 is 17.8 Å². The van der Waals surface area contributed by atoms with Crippen LogP contribution in [0.5, 0.6) is 0 Å². The van der Waals surface area contributed by atoms with Crippen LogP contribution in [0.15, 0.2) is 30.7 Å². The first kappa shape index (κ1) is 12.5. The Bertz CT molecular complexity index is 540. The summed E-state index contributed by atoms with van der Waals surface area (Å²) in [6, 6.07) is 0. The normalized spacial score (nSPS) is 21.3. The fraction of sp³-hybridized carbons (Fsp3) is 0.333. The van der Waals surface area contributed by atoms with Crippen molar-refractivity contribution < 1.29 is 19.1 Å². The highest BCUT2D eigenvalue weighted by Gasteiger charge is 2.48. The zero-order chi connectivity index (χ0) is 14.0. The van der Waals surface area contributed by atoms with E-state index in [4.69, 9.17) is 9.47 Å². The van der Waals surface area contributed by atoms with Crippen LogP contribution in [-0.4, -0.2) is 47.5 Å². The minimum atomic E-state index is -1.54. The third-order valence-corrected chi connectivity index (χ3v) is 2.97. The van der Waals surface area contributed by atoms with Gasteiger partial charge in [-0.1, -0.05) is 0 Å². The van der Waals surface area contributed by atoms with E-state index in [0.717, 1.165) is 12.2 Å². The lowest BCUT2D eigenvalue weighted by molar-refractivity contribution is -0.221. The predicted octanol–water partition coefficient (Wildman–Crippen LogP) is -0.804. The molecule has 1 fully saturated rings. The van der Waals surface area contributed by atoms with Crippen LogP contribution < -0.4 is 10.2 Å². The van der Waals surface area contributed by atoms with Gasteiger partial charge < -0.3 is 14.8 Å². The Kier molecular flexibility index (Phi) is 3.07. The molecule has 3 rings (SSSR count). The highest BCUT2D eigenvalue weighted by atomic mass is 16.8. The average Bonchev–Trinajstić information content (AvgIpc) is 2.59. The van der Waals surface area contributed by atoms with Crippen molar-refractivity contribution in [1.29, 1.82) is 0 Å². The molecule has 1 aromatic heterocycles. The van der Waals surface area contributed by atoms with Crippen molar-refractivity contribution in [3.8, 4) is 0 Å². The van der Waals surface area contributed by atoms with Gasteiger partial charge in [0, 0.05) is 37.6 Å². The molecule has 0 saturated carbocycles. The fourth-order valence-electron chi connectivity index (χ4n) is 2.14. The summed E-state index contributed by atoms with van der Waals surface area (Å²) in [6.07, 6.45) is 6.66. The molecule has 8 heteroatoms. The van der Waals surface area contributed by atoms with Gasteiger partial charge in [0.25, 0.3) is 0 Å². The topological polar surface area (TPSA) is 93.7 Å². The Balaban J connectivity index is 1.99. The molecule has 0 unspecified atom stereocenters. The summed E-state index contributed by atoms with van der Waals surface area (Å²) in [5.41, 5.74) is 0. The number of nitrogens with zero attached hydrogens (tertiary/aromatic N) is 3. The van der Waals surface area contributed by atoms with Gasteiger partial charge in [-0.05, 0) is 0 Å². The summed E-state index contributed by atoms with van der Waals surface area (Å²) < 4.78 is 10.6. The summed E-state index contributed by atoms with van der Waals surface area (Å²) in [7, 11) is 0. The summed E-state index contributed by atoms with van der Waals surface area (Å²) >= 11 is 0. The summed E-state index contributed by atoms with van der Waals surface area (Å²) in [4.78, 5) is 33.0. The molecule has 0 radical (unpaired) electrons. The largest absolute Gasteiger partial charge is 0.399 e. The highest BCUT2D eigenvalue weighted by Crippen LogP contribution is 2.28. The van der Waals surface area contributed by atoms with Crippen molar-refractivity contribution >= 4 is 17.8 Å². The van der Waals surface area contributed by atoms with Crippen molar-refractivity contribution in [2.45, 2.75) is 5.91 Å².